The van der Waals surface area contributed by atoms with Crippen LogP contribution in [0.2, 0.25) is 0 Å². The van der Waals surface area contributed by atoms with E-state index in [0.29, 0.717) is 0 Å². The highest BCUT2D eigenvalue weighted by Gasteiger charge is 2.15. The fraction of sp³-hybridized carbons (Fsp3) is 0.263. The van der Waals surface area contributed by atoms with Crippen LogP contribution in [0.1, 0.15) is 23.2 Å². The van der Waals surface area contributed by atoms with E-state index in [2.05, 4.69) is 10.3 Å². The Morgan fingerprint density at radius 3 is 3.00 bits per heavy atom. The summed E-state index contributed by atoms with van der Waals surface area (Å²) in [7, 11) is 0. The van der Waals surface area contributed by atoms with Crippen LogP contribution < -0.4 is 10.1 Å². The maximum atomic E-state index is 11.2. The number of carboxylic acid groups (broad SMARTS) is 1. The van der Waals surface area contributed by atoms with Crippen molar-refractivity contribution >= 4 is 17.0 Å². The van der Waals surface area contributed by atoms with Gasteiger partial charge in [0.15, 0.2) is 0 Å². The average molecular weight is 337 g/mol. The van der Waals surface area contributed by atoms with Crippen LogP contribution >= 0.6 is 0 Å². The van der Waals surface area contributed by atoms with Crippen molar-refractivity contribution in [3.63, 3.8) is 0 Å². The molecule has 0 amide bonds. The van der Waals surface area contributed by atoms with Crippen LogP contribution in [0.25, 0.3) is 16.7 Å². The third-order valence-electron chi connectivity index (χ3n) is 4.44. The molecule has 1 atom stereocenters. The molecule has 1 unspecified atom stereocenters. The number of hydrogen-bond donors (Lipinski definition) is 2. The van der Waals surface area contributed by atoms with Crippen molar-refractivity contribution in [2.24, 2.45) is 0 Å². The highest BCUT2D eigenvalue weighted by atomic mass is 16.5. The lowest BCUT2D eigenvalue weighted by Gasteiger charge is -2.24. The highest BCUT2D eigenvalue weighted by molar-refractivity contribution is 5.92. The monoisotopic (exact) mass is 337 g/mol. The molecule has 1 aromatic heterocycles. The lowest BCUT2D eigenvalue weighted by Crippen LogP contribution is -2.37. The second kappa shape index (κ2) is 6.57. The van der Waals surface area contributed by atoms with Crippen molar-refractivity contribution in [2.45, 2.75) is 18.9 Å². The van der Waals surface area contributed by atoms with Crippen LogP contribution in [0.4, 0.5) is 0 Å². The standard InChI is InChI=1S/C19H19N3O3/c23-19(24)13-6-7-17-18(9-13)22(12-21-17)14-3-1-4-15(10-14)25-16-5-2-8-20-11-16/h1,3-4,6-7,9-10,12,16,20H,2,5,8,11H2,(H,23,24). The predicted molar refractivity (Wildman–Crippen MR) is 94.5 cm³/mol. The number of benzene rings is 2. The maximum absolute atomic E-state index is 11.2. The average Bonchev–Trinajstić information content (AvgIpc) is 3.06. The largest absolute Gasteiger partial charge is 0.489 e. The number of ether oxygens (including phenoxy) is 1. The van der Waals surface area contributed by atoms with Gasteiger partial charge >= 0.3 is 5.97 Å². The van der Waals surface area contributed by atoms with Crippen LogP contribution in [0.5, 0.6) is 5.75 Å². The minimum Gasteiger partial charge on any atom is -0.489 e. The third-order valence-corrected chi connectivity index (χ3v) is 4.44. The molecule has 3 aromatic rings. The van der Waals surface area contributed by atoms with E-state index in [4.69, 9.17) is 4.74 Å². The second-order valence-corrected chi connectivity index (χ2v) is 6.21. The normalized spacial score (nSPS) is 17.5. The Kier molecular flexibility index (Phi) is 4.11. The zero-order valence-electron chi connectivity index (χ0n) is 13.7. The number of hydrogen-bond acceptors (Lipinski definition) is 4. The first-order valence-electron chi connectivity index (χ1n) is 8.39. The van der Waals surface area contributed by atoms with E-state index in [1.165, 1.54) is 0 Å². The van der Waals surface area contributed by atoms with E-state index in [0.717, 1.165) is 48.4 Å². The molecule has 128 valence electrons. The van der Waals surface area contributed by atoms with Crippen LogP contribution in [0.3, 0.4) is 0 Å². The fourth-order valence-corrected chi connectivity index (χ4v) is 3.17. The summed E-state index contributed by atoms with van der Waals surface area (Å²) in [5.74, 6) is -0.140. The second-order valence-electron chi connectivity index (χ2n) is 6.21. The molecule has 25 heavy (non-hydrogen) atoms. The number of rotatable bonds is 4. The molecule has 1 aliphatic rings. The molecule has 1 aliphatic heterocycles. The van der Waals surface area contributed by atoms with Gasteiger partial charge in [-0.15, -0.1) is 0 Å². The fourth-order valence-electron chi connectivity index (χ4n) is 3.17. The number of carbonyl (C=O) groups is 1. The molecule has 0 saturated carbocycles. The van der Waals surface area contributed by atoms with E-state index < -0.39 is 5.97 Å². The Labute approximate surface area is 145 Å². The van der Waals surface area contributed by atoms with E-state index in [1.54, 1.807) is 24.5 Å². The van der Waals surface area contributed by atoms with Gasteiger partial charge in [0.2, 0.25) is 0 Å². The highest BCUT2D eigenvalue weighted by Crippen LogP contribution is 2.24. The number of aromatic nitrogens is 2. The molecule has 6 heteroatoms. The molecule has 2 heterocycles. The quantitative estimate of drug-likeness (QED) is 0.765. The van der Waals surface area contributed by atoms with E-state index in [9.17, 15) is 9.90 Å². The van der Waals surface area contributed by atoms with Crippen molar-refractivity contribution in [3.8, 4) is 11.4 Å². The molecule has 0 bridgehead atoms. The smallest absolute Gasteiger partial charge is 0.335 e. The number of carboxylic acids is 1. The van der Waals surface area contributed by atoms with Crippen molar-refractivity contribution in [3.05, 3.63) is 54.4 Å². The summed E-state index contributed by atoms with van der Waals surface area (Å²) in [4.78, 5) is 15.6. The van der Waals surface area contributed by atoms with Gasteiger partial charge in [0, 0.05) is 12.6 Å². The van der Waals surface area contributed by atoms with Crippen molar-refractivity contribution in [1.82, 2.24) is 14.9 Å². The zero-order chi connectivity index (χ0) is 17.2. The SMILES string of the molecule is O=C(O)c1ccc2ncn(-c3cccc(OC4CCCNC4)c3)c2c1. The van der Waals surface area contributed by atoms with Crippen molar-refractivity contribution < 1.29 is 14.6 Å². The maximum Gasteiger partial charge on any atom is 0.335 e. The van der Waals surface area contributed by atoms with Crippen LogP contribution in [-0.4, -0.2) is 39.8 Å². The first kappa shape index (κ1) is 15.7. The summed E-state index contributed by atoms with van der Waals surface area (Å²) in [6.45, 7) is 1.91. The number of imidazole rings is 1. The molecular weight excluding hydrogens is 318 g/mol. The van der Waals surface area contributed by atoms with Crippen LogP contribution in [0, 0.1) is 0 Å². The number of piperidine rings is 1. The number of aromatic carboxylic acids is 1. The first-order chi connectivity index (χ1) is 12.2. The van der Waals surface area contributed by atoms with Gasteiger partial charge in [-0.2, -0.15) is 0 Å². The number of fused-ring (bicyclic) bond motifs is 1. The summed E-state index contributed by atoms with van der Waals surface area (Å²) in [5, 5.41) is 12.6. The molecule has 1 fully saturated rings. The minimum absolute atomic E-state index is 0.183. The minimum atomic E-state index is -0.948. The third kappa shape index (κ3) is 3.21. The lowest BCUT2D eigenvalue weighted by atomic mass is 10.1. The summed E-state index contributed by atoms with van der Waals surface area (Å²) in [6, 6.07) is 12.7. The predicted octanol–water partition coefficient (Wildman–Crippen LogP) is 2.85. The van der Waals surface area contributed by atoms with Gasteiger partial charge in [-0.25, -0.2) is 9.78 Å². The van der Waals surface area contributed by atoms with Gasteiger partial charge < -0.3 is 15.2 Å². The van der Waals surface area contributed by atoms with Crippen molar-refractivity contribution in [2.75, 3.05) is 13.1 Å². The lowest BCUT2D eigenvalue weighted by molar-refractivity contribution is 0.0697. The van der Waals surface area contributed by atoms with Crippen molar-refractivity contribution in [1.29, 1.82) is 0 Å². The zero-order valence-corrected chi connectivity index (χ0v) is 13.7. The Hall–Kier alpha value is -2.86. The van der Waals surface area contributed by atoms with Gasteiger partial charge in [0.05, 0.1) is 22.3 Å². The van der Waals surface area contributed by atoms with E-state index in [1.807, 2.05) is 28.8 Å². The molecule has 1 saturated heterocycles. The summed E-state index contributed by atoms with van der Waals surface area (Å²) < 4.78 is 7.96. The summed E-state index contributed by atoms with van der Waals surface area (Å²) >= 11 is 0. The van der Waals surface area contributed by atoms with Gasteiger partial charge in [-0.05, 0) is 49.7 Å². The van der Waals surface area contributed by atoms with Crippen LogP contribution in [0.15, 0.2) is 48.8 Å². The molecule has 0 radical (unpaired) electrons. The summed E-state index contributed by atoms with van der Waals surface area (Å²) in [6.07, 6.45) is 4.06. The van der Waals surface area contributed by atoms with Gasteiger partial charge in [0.25, 0.3) is 0 Å². The molecule has 2 aromatic carbocycles. The molecule has 6 nitrogen and oxygen atoms in total. The van der Waals surface area contributed by atoms with E-state index >= 15 is 0 Å². The number of nitrogens with one attached hydrogen (secondary N) is 1. The Morgan fingerprint density at radius 2 is 2.20 bits per heavy atom. The molecule has 2 N–H and O–H groups in total. The Bertz CT molecular complexity index is 913. The van der Waals surface area contributed by atoms with Crippen LogP contribution in [-0.2, 0) is 0 Å². The Balaban J connectivity index is 1.67. The number of nitrogens with zero attached hydrogens (tertiary/aromatic N) is 2. The molecular formula is C19H19N3O3. The summed E-state index contributed by atoms with van der Waals surface area (Å²) in [5.41, 5.74) is 2.66. The topological polar surface area (TPSA) is 76.4 Å². The first-order valence-corrected chi connectivity index (χ1v) is 8.39. The Morgan fingerprint density at radius 1 is 1.28 bits per heavy atom. The molecule has 0 spiro atoms. The van der Waals surface area contributed by atoms with Gasteiger partial charge in [-0.3, -0.25) is 4.57 Å². The molecule has 0 aliphatic carbocycles. The van der Waals surface area contributed by atoms with Gasteiger partial charge in [0.1, 0.15) is 18.2 Å². The van der Waals surface area contributed by atoms with Gasteiger partial charge in [-0.1, -0.05) is 6.07 Å². The van der Waals surface area contributed by atoms with E-state index in [-0.39, 0.29) is 11.7 Å². The molecule has 4 rings (SSSR count).